The molecule has 1 heterocycles. The van der Waals surface area contributed by atoms with Gasteiger partial charge in [-0.25, -0.2) is 4.98 Å². The Morgan fingerprint density at radius 3 is 2.44 bits per heavy atom. The molecule has 27 heavy (non-hydrogen) atoms. The van der Waals surface area contributed by atoms with Crippen LogP contribution in [0.15, 0.2) is 48.5 Å². The standard InChI is InChI=1S/C20H17F3N2OS/c1-12-7-3-4-8-14(12)19-25-13(2)17(27-19)11-24-18(26)15-9-5-6-10-16(15)20(21,22)23/h3-10H,11H2,1-2H3,(H,24,26). The molecule has 3 aromatic rings. The predicted molar refractivity (Wildman–Crippen MR) is 99.6 cm³/mol. The van der Waals surface area contributed by atoms with Crippen LogP contribution in [-0.2, 0) is 12.7 Å². The minimum absolute atomic E-state index is 0.125. The molecule has 3 nitrogen and oxygen atoms in total. The summed E-state index contributed by atoms with van der Waals surface area (Å²) >= 11 is 1.43. The average Bonchev–Trinajstić information content (AvgIpc) is 3.00. The van der Waals surface area contributed by atoms with Crippen molar-refractivity contribution in [2.75, 3.05) is 0 Å². The zero-order valence-electron chi connectivity index (χ0n) is 14.7. The van der Waals surface area contributed by atoms with E-state index in [1.165, 1.54) is 29.5 Å². The molecule has 1 amide bonds. The van der Waals surface area contributed by atoms with Crippen LogP contribution in [0.5, 0.6) is 0 Å². The number of carbonyl (C=O) groups is 1. The Bertz CT molecular complexity index is 979. The van der Waals surface area contributed by atoms with Crippen LogP contribution >= 0.6 is 11.3 Å². The number of aromatic nitrogens is 1. The number of aryl methyl sites for hydroxylation is 2. The number of halogens is 3. The van der Waals surface area contributed by atoms with E-state index in [0.717, 1.165) is 32.8 Å². The molecule has 7 heteroatoms. The van der Waals surface area contributed by atoms with Gasteiger partial charge in [-0.2, -0.15) is 13.2 Å². The highest BCUT2D eigenvalue weighted by atomic mass is 32.1. The number of carbonyl (C=O) groups excluding carboxylic acids is 1. The van der Waals surface area contributed by atoms with Crippen LogP contribution in [0.4, 0.5) is 13.2 Å². The van der Waals surface area contributed by atoms with E-state index in [1.54, 1.807) is 0 Å². The van der Waals surface area contributed by atoms with E-state index in [4.69, 9.17) is 0 Å². The van der Waals surface area contributed by atoms with E-state index in [2.05, 4.69) is 10.3 Å². The molecule has 0 saturated carbocycles. The Morgan fingerprint density at radius 1 is 1.07 bits per heavy atom. The minimum atomic E-state index is -4.58. The highest BCUT2D eigenvalue weighted by Crippen LogP contribution is 2.32. The second-order valence-corrected chi connectivity index (χ2v) is 7.15. The van der Waals surface area contributed by atoms with Gasteiger partial charge < -0.3 is 5.32 Å². The SMILES string of the molecule is Cc1ccccc1-c1nc(C)c(CNC(=O)c2ccccc2C(F)(F)F)s1. The second kappa shape index (κ2) is 7.52. The number of rotatable bonds is 4. The molecule has 140 valence electrons. The van der Waals surface area contributed by atoms with Crippen molar-refractivity contribution >= 4 is 17.2 Å². The molecule has 0 aliphatic carbocycles. The van der Waals surface area contributed by atoms with Gasteiger partial charge in [0.25, 0.3) is 5.91 Å². The van der Waals surface area contributed by atoms with Crippen LogP contribution < -0.4 is 5.32 Å². The Morgan fingerprint density at radius 2 is 1.74 bits per heavy atom. The van der Waals surface area contributed by atoms with Crippen LogP contribution in [0.1, 0.15) is 32.1 Å². The van der Waals surface area contributed by atoms with E-state index in [1.807, 2.05) is 38.1 Å². The summed E-state index contributed by atoms with van der Waals surface area (Å²) in [6.07, 6.45) is -4.58. The quantitative estimate of drug-likeness (QED) is 0.650. The fourth-order valence-electron chi connectivity index (χ4n) is 2.70. The third kappa shape index (κ3) is 4.19. The average molecular weight is 390 g/mol. The molecule has 0 bridgehead atoms. The molecular formula is C20H17F3N2OS. The first-order chi connectivity index (χ1) is 12.8. The predicted octanol–water partition coefficient (Wildman–Crippen LogP) is 5.38. The highest BCUT2D eigenvalue weighted by molar-refractivity contribution is 7.15. The van der Waals surface area contributed by atoms with Gasteiger partial charge in [0.15, 0.2) is 0 Å². The molecule has 1 N–H and O–H groups in total. The van der Waals surface area contributed by atoms with E-state index in [0.29, 0.717) is 0 Å². The number of nitrogens with one attached hydrogen (secondary N) is 1. The minimum Gasteiger partial charge on any atom is -0.347 e. The molecule has 3 rings (SSSR count). The number of thiazole rings is 1. The third-order valence-electron chi connectivity index (χ3n) is 4.15. The van der Waals surface area contributed by atoms with E-state index >= 15 is 0 Å². The topological polar surface area (TPSA) is 42.0 Å². The first-order valence-electron chi connectivity index (χ1n) is 8.24. The van der Waals surface area contributed by atoms with Crippen molar-refractivity contribution in [1.29, 1.82) is 0 Å². The summed E-state index contributed by atoms with van der Waals surface area (Å²) in [5.74, 6) is -0.756. The first-order valence-corrected chi connectivity index (χ1v) is 9.05. The molecular weight excluding hydrogens is 373 g/mol. The molecule has 0 fully saturated rings. The van der Waals surface area contributed by atoms with Gasteiger partial charge >= 0.3 is 6.18 Å². The van der Waals surface area contributed by atoms with Crippen LogP contribution in [0, 0.1) is 13.8 Å². The van der Waals surface area contributed by atoms with Gasteiger partial charge in [-0.05, 0) is 31.5 Å². The fourth-order valence-corrected chi connectivity index (χ4v) is 3.80. The van der Waals surface area contributed by atoms with E-state index in [-0.39, 0.29) is 12.1 Å². The van der Waals surface area contributed by atoms with Crippen molar-refractivity contribution in [1.82, 2.24) is 10.3 Å². The highest BCUT2D eigenvalue weighted by Gasteiger charge is 2.34. The van der Waals surface area contributed by atoms with Gasteiger partial charge in [0.1, 0.15) is 5.01 Å². The van der Waals surface area contributed by atoms with Gasteiger partial charge in [0.2, 0.25) is 0 Å². The normalized spacial score (nSPS) is 11.4. The molecule has 0 radical (unpaired) electrons. The largest absolute Gasteiger partial charge is 0.417 e. The summed E-state index contributed by atoms with van der Waals surface area (Å²) in [7, 11) is 0. The number of amides is 1. The zero-order chi connectivity index (χ0) is 19.6. The summed E-state index contributed by atoms with van der Waals surface area (Å²) in [6, 6.07) is 12.6. The van der Waals surface area contributed by atoms with Gasteiger partial charge in [0, 0.05) is 10.4 Å². The smallest absolute Gasteiger partial charge is 0.347 e. The Kier molecular flexibility index (Phi) is 5.32. The van der Waals surface area contributed by atoms with Crippen LogP contribution in [0.3, 0.4) is 0 Å². The van der Waals surface area contributed by atoms with Gasteiger partial charge in [-0.1, -0.05) is 36.4 Å². The van der Waals surface area contributed by atoms with Crippen LogP contribution in [0.25, 0.3) is 10.6 Å². The zero-order valence-corrected chi connectivity index (χ0v) is 15.5. The lowest BCUT2D eigenvalue weighted by atomic mass is 10.1. The first kappa shape index (κ1) is 19.1. The lowest BCUT2D eigenvalue weighted by Gasteiger charge is -2.12. The lowest BCUT2D eigenvalue weighted by Crippen LogP contribution is -2.25. The maximum absolute atomic E-state index is 13.1. The summed E-state index contributed by atoms with van der Waals surface area (Å²) < 4.78 is 39.2. The van der Waals surface area contributed by atoms with Crippen molar-refractivity contribution in [3.63, 3.8) is 0 Å². The summed E-state index contributed by atoms with van der Waals surface area (Å²) in [5.41, 5.74) is 1.52. The van der Waals surface area contributed by atoms with E-state index in [9.17, 15) is 18.0 Å². The van der Waals surface area contributed by atoms with Crippen LogP contribution in [0.2, 0.25) is 0 Å². The lowest BCUT2D eigenvalue weighted by molar-refractivity contribution is -0.137. The monoisotopic (exact) mass is 390 g/mol. The molecule has 0 unspecified atom stereocenters. The molecule has 0 atom stereocenters. The molecule has 0 aliphatic rings. The Balaban J connectivity index is 1.79. The van der Waals surface area contributed by atoms with Gasteiger partial charge in [0.05, 0.1) is 23.4 Å². The molecule has 0 aliphatic heterocycles. The van der Waals surface area contributed by atoms with Crippen molar-refractivity contribution in [2.45, 2.75) is 26.6 Å². The third-order valence-corrected chi connectivity index (χ3v) is 5.35. The fraction of sp³-hybridized carbons (Fsp3) is 0.200. The number of alkyl halides is 3. The summed E-state index contributed by atoms with van der Waals surface area (Å²) in [5, 5.41) is 3.40. The van der Waals surface area contributed by atoms with Crippen molar-refractivity contribution in [3.8, 4) is 10.6 Å². The Labute approximate surface area is 158 Å². The summed E-state index contributed by atoms with van der Waals surface area (Å²) in [4.78, 5) is 17.6. The van der Waals surface area contributed by atoms with Gasteiger partial charge in [-0.3, -0.25) is 4.79 Å². The Hall–Kier alpha value is -2.67. The molecule has 1 aromatic heterocycles. The van der Waals surface area contributed by atoms with Crippen LogP contribution in [-0.4, -0.2) is 10.9 Å². The van der Waals surface area contributed by atoms with Crippen molar-refractivity contribution < 1.29 is 18.0 Å². The van der Waals surface area contributed by atoms with Crippen molar-refractivity contribution in [2.24, 2.45) is 0 Å². The van der Waals surface area contributed by atoms with Gasteiger partial charge in [-0.15, -0.1) is 11.3 Å². The van der Waals surface area contributed by atoms with E-state index < -0.39 is 17.6 Å². The maximum atomic E-state index is 13.1. The second-order valence-electron chi connectivity index (χ2n) is 6.07. The molecule has 0 spiro atoms. The molecule has 0 saturated heterocycles. The maximum Gasteiger partial charge on any atom is 0.417 e. The number of hydrogen-bond acceptors (Lipinski definition) is 3. The number of hydrogen-bond donors (Lipinski definition) is 1. The molecule has 2 aromatic carbocycles. The van der Waals surface area contributed by atoms with Crippen molar-refractivity contribution in [3.05, 3.63) is 75.8 Å². The number of nitrogens with zero attached hydrogens (tertiary/aromatic N) is 1. The summed E-state index contributed by atoms with van der Waals surface area (Å²) in [6.45, 7) is 3.94. The number of benzene rings is 2.